The summed E-state index contributed by atoms with van der Waals surface area (Å²) in [5.41, 5.74) is 12.9. The topological polar surface area (TPSA) is 0 Å². The van der Waals surface area contributed by atoms with Crippen molar-refractivity contribution in [2.45, 2.75) is 0 Å². The Kier molecular flexibility index (Phi) is 5.00. The Morgan fingerprint density at radius 1 is 0.214 bits per heavy atom. The summed E-state index contributed by atoms with van der Waals surface area (Å²) >= 11 is 0. The van der Waals surface area contributed by atoms with Gasteiger partial charge >= 0.3 is 0 Å². The SMILES string of the molecule is c1ccc(-c2c3ccccc3c(-c3ccc4c5c(cccc35)-c3ccccc3-c3ccccc3-4)c3ccccc23)cc1. The van der Waals surface area contributed by atoms with E-state index in [1.807, 2.05) is 0 Å². The van der Waals surface area contributed by atoms with Crippen LogP contribution in [0, 0.1) is 0 Å². The summed E-state index contributed by atoms with van der Waals surface area (Å²) < 4.78 is 0. The molecular formula is C42H26. The van der Waals surface area contributed by atoms with Crippen molar-refractivity contribution in [2.24, 2.45) is 0 Å². The summed E-state index contributed by atoms with van der Waals surface area (Å²) in [5, 5.41) is 7.75. The standard InChI is InChI=1S/C42H26/c1-2-13-27(14-3-1)40-33-19-8-10-21-35(33)42(36-22-11-9-20-34(36)40)39-26-25-38-31-18-7-5-16-29(31)28-15-4-6-17-30(28)32-23-12-24-37(39)41(32)38/h1-26H. The van der Waals surface area contributed by atoms with Crippen LogP contribution in [0.4, 0.5) is 0 Å². The first-order chi connectivity index (χ1) is 20.9. The van der Waals surface area contributed by atoms with Crippen LogP contribution >= 0.6 is 0 Å². The Labute approximate surface area is 245 Å². The quantitative estimate of drug-likeness (QED) is 0.195. The van der Waals surface area contributed by atoms with Gasteiger partial charge in [0, 0.05) is 0 Å². The van der Waals surface area contributed by atoms with Crippen LogP contribution in [0.2, 0.25) is 0 Å². The second-order valence-electron chi connectivity index (χ2n) is 11.2. The van der Waals surface area contributed by atoms with Gasteiger partial charge in [-0.1, -0.05) is 158 Å². The summed E-state index contributed by atoms with van der Waals surface area (Å²) in [7, 11) is 0. The van der Waals surface area contributed by atoms with Gasteiger partial charge in [0.1, 0.15) is 0 Å². The van der Waals surface area contributed by atoms with Gasteiger partial charge in [0.05, 0.1) is 0 Å². The summed E-state index contributed by atoms with van der Waals surface area (Å²) in [5.74, 6) is 0. The molecule has 1 aliphatic rings. The number of hydrogen-bond acceptors (Lipinski definition) is 0. The van der Waals surface area contributed by atoms with Crippen LogP contribution in [0.15, 0.2) is 158 Å². The molecule has 0 aliphatic heterocycles. The van der Waals surface area contributed by atoms with Crippen LogP contribution < -0.4 is 0 Å². The predicted octanol–water partition coefficient (Wildman–Crippen LogP) is 11.8. The molecule has 8 aromatic rings. The minimum atomic E-state index is 1.25. The summed E-state index contributed by atoms with van der Waals surface area (Å²) in [4.78, 5) is 0. The molecule has 0 fully saturated rings. The molecule has 0 nitrogen and oxygen atoms in total. The van der Waals surface area contributed by atoms with Gasteiger partial charge in [0.25, 0.3) is 0 Å². The van der Waals surface area contributed by atoms with Crippen molar-refractivity contribution in [3.63, 3.8) is 0 Å². The van der Waals surface area contributed by atoms with Crippen LogP contribution in [-0.4, -0.2) is 0 Å². The molecule has 9 rings (SSSR count). The molecule has 0 spiro atoms. The summed E-state index contributed by atoms with van der Waals surface area (Å²) in [6.45, 7) is 0. The van der Waals surface area contributed by atoms with E-state index in [2.05, 4.69) is 158 Å². The third kappa shape index (κ3) is 3.24. The second-order valence-corrected chi connectivity index (χ2v) is 11.2. The fourth-order valence-electron chi connectivity index (χ4n) is 7.31. The highest BCUT2D eigenvalue weighted by atomic mass is 14.3. The number of rotatable bonds is 2. The van der Waals surface area contributed by atoms with E-state index >= 15 is 0 Å². The van der Waals surface area contributed by atoms with Crippen molar-refractivity contribution < 1.29 is 0 Å². The van der Waals surface area contributed by atoms with Crippen molar-refractivity contribution in [3.05, 3.63) is 158 Å². The van der Waals surface area contributed by atoms with Gasteiger partial charge in [-0.25, -0.2) is 0 Å². The molecule has 194 valence electrons. The van der Waals surface area contributed by atoms with Crippen LogP contribution in [0.1, 0.15) is 0 Å². The van der Waals surface area contributed by atoms with Crippen molar-refractivity contribution >= 4 is 32.3 Å². The van der Waals surface area contributed by atoms with Gasteiger partial charge in [-0.2, -0.15) is 0 Å². The Bertz CT molecular complexity index is 2230. The first kappa shape index (κ1) is 23.3. The number of hydrogen-bond donors (Lipinski definition) is 0. The zero-order valence-electron chi connectivity index (χ0n) is 23.0. The molecule has 1 aliphatic carbocycles. The van der Waals surface area contributed by atoms with Crippen molar-refractivity contribution in [2.75, 3.05) is 0 Å². The fraction of sp³-hybridized carbons (Fsp3) is 0. The van der Waals surface area contributed by atoms with Gasteiger partial charge in [-0.05, 0) is 88.0 Å². The van der Waals surface area contributed by atoms with Crippen molar-refractivity contribution in [1.29, 1.82) is 0 Å². The number of benzene rings is 8. The maximum absolute atomic E-state index is 2.37. The lowest BCUT2D eigenvalue weighted by Crippen LogP contribution is -1.93. The lowest BCUT2D eigenvalue weighted by atomic mass is 9.83. The van der Waals surface area contributed by atoms with E-state index in [-0.39, 0.29) is 0 Å². The van der Waals surface area contributed by atoms with E-state index in [9.17, 15) is 0 Å². The van der Waals surface area contributed by atoms with Crippen molar-refractivity contribution in [3.8, 4) is 55.6 Å². The maximum atomic E-state index is 2.37. The summed E-state index contributed by atoms with van der Waals surface area (Å²) in [6, 6.07) is 58.0. The average Bonchev–Trinajstić information content (AvgIpc) is 3.18. The molecule has 0 saturated carbocycles. The first-order valence-electron chi connectivity index (χ1n) is 14.6. The zero-order valence-corrected chi connectivity index (χ0v) is 23.0. The van der Waals surface area contributed by atoms with Crippen LogP contribution in [0.5, 0.6) is 0 Å². The fourth-order valence-corrected chi connectivity index (χ4v) is 7.31. The molecule has 0 unspecified atom stereocenters. The zero-order chi connectivity index (χ0) is 27.6. The molecular weight excluding hydrogens is 504 g/mol. The lowest BCUT2D eigenvalue weighted by Gasteiger charge is -2.20. The molecule has 42 heavy (non-hydrogen) atoms. The third-order valence-electron chi connectivity index (χ3n) is 9.03. The monoisotopic (exact) mass is 530 g/mol. The minimum Gasteiger partial charge on any atom is -0.0622 e. The van der Waals surface area contributed by atoms with Crippen LogP contribution in [-0.2, 0) is 0 Å². The van der Waals surface area contributed by atoms with Crippen molar-refractivity contribution in [1.82, 2.24) is 0 Å². The predicted molar refractivity (Wildman–Crippen MR) is 180 cm³/mol. The molecule has 0 aromatic heterocycles. The molecule has 0 amide bonds. The van der Waals surface area contributed by atoms with E-state index in [1.165, 1.54) is 88.0 Å². The Balaban J connectivity index is 1.46. The highest BCUT2D eigenvalue weighted by molar-refractivity contribution is 6.25. The van der Waals surface area contributed by atoms with Gasteiger partial charge in [0.2, 0.25) is 0 Å². The van der Waals surface area contributed by atoms with E-state index in [0.717, 1.165) is 0 Å². The van der Waals surface area contributed by atoms with Gasteiger partial charge in [-0.3, -0.25) is 0 Å². The molecule has 0 heteroatoms. The average molecular weight is 531 g/mol. The Morgan fingerprint density at radius 2 is 0.595 bits per heavy atom. The smallest absolute Gasteiger partial charge is 0.00201 e. The highest BCUT2D eigenvalue weighted by Gasteiger charge is 2.24. The molecule has 0 radical (unpaired) electrons. The van der Waals surface area contributed by atoms with Crippen LogP contribution in [0.25, 0.3) is 88.0 Å². The lowest BCUT2D eigenvalue weighted by molar-refractivity contribution is 1.62. The largest absolute Gasteiger partial charge is 0.0622 e. The minimum absolute atomic E-state index is 1.25. The molecule has 0 atom stereocenters. The van der Waals surface area contributed by atoms with Gasteiger partial charge < -0.3 is 0 Å². The first-order valence-corrected chi connectivity index (χ1v) is 14.6. The van der Waals surface area contributed by atoms with E-state index in [0.29, 0.717) is 0 Å². The molecule has 0 heterocycles. The highest BCUT2D eigenvalue weighted by Crippen LogP contribution is 2.51. The van der Waals surface area contributed by atoms with Gasteiger partial charge in [0.15, 0.2) is 0 Å². The van der Waals surface area contributed by atoms with E-state index < -0.39 is 0 Å². The van der Waals surface area contributed by atoms with Gasteiger partial charge in [-0.15, -0.1) is 0 Å². The Morgan fingerprint density at radius 3 is 1.17 bits per heavy atom. The summed E-state index contributed by atoms with van der Waals surface area (Å²) in [6.07, 6.45) is 0. The van der Waals surface area contributed by atoms with Crippen LogP contribution in [0.3, 0.4) is 0 Å². The Hall–Kier alpha value is -5.46. The molecule has 8 aromatic carbocycles. The normalized spacial score (nSPS) is 11.8. The maximum Gasteiger partial charge on any atom is -0.00201 e. The molecule has 0 N–H and O–H groups in total. The number of fused-ring (bicyclic) bond motifs is 7. The van der Waals surface area contributed by atoms with E-state index in [4.69, 9.17) is 0 Å². The molecule has 0 saturated heterocycles. The molecule has 0 bridgehead atoms. The van der Waals surface area contributed by atoms with E-state index in [1.54, 1.807) is 0 Å². The third-order valence-corrected chi connectivity index (χ3v) is 9.03. The second kappa shape index (κ2) is 9.03.